The van der Waals surface area contributed by atoms with Gasteiger partial charge in [0.05, 0.1) is 0 Å². The van der Waals surface area contributed by atoms with Crippen LogP contribution in [0, 0.1) is 0 Å². The van der Waals surface area contributed by atoms with E-state index in [2.05, 4.69) is 15.1 Å². The van der Waals surface area contributed by atoms with Crippen LogP contribution in [0.3, 0.4) is 0 Å². The number of carbonyl (C=O) groups is 4. The largest absolute Gasteiger partial charge is 0.444 e. The van der Waals surface area contributed by atoms with Gasteiger partial charge in [0.15, 0.2) is 0 Å². The van der Waals surface area contributed by atoms with Crippen molar-refractivity contribution in [1.82, 2.24) is 26.1 Å². The molecule has 0 aromatic carbocycles. The van der Waals surface area contributed by atoms with E-state index in [1.165, 1.54) is 4.90 Å². The Morgan fingerprint density at radius 1 is 0.906 bits per heavy atom. The van der Waals surface area contributed by atoms with Crippen LogP contribution in [-0.4, -0.2) is 77.5 Å². The highest BCUT2D eigenvalue weighted by molar-refractivity contribution is 7.80. The molecule has 5 amide bonds. The van der Waals surface area contributed by atoms with E-state index in [9.17, 15) is 27.6 Å². The second kappa shape index (κ2) is 10.3. The molecule has 0 aromatic heterocycles. The highest BCUT2D eigenvalue weighted by Crippen LogP contribution is 2.21. The third kappa shape index (κ3) is 7.49. The molecule has 2 aliphatic heterocycles. The number of hydrogen-bond donors (Lipinski definition) is 4. The number of nitrogens with zero attached hydrogens (tertiary/aromatic N) is 2. The molecule has 0 spiro atoms. The van der Waals surface area contributed by atoms with E-state index >= 15 is 0 Å². The van der Waals surface area contributed by atoms with Crippen LogP contribution < -0.4 is 16.3 Å². The van der Waals surface area contributed by atoms with Gasteiger partial charge in [-0.2, -0.15) is 13.9 Å². The molecule has 0 radical (unpaired) electrons. The Morgan fingerprint density at radius 3 is 2.00 bits per heavy atom. The molecule has 2 aliphatic rings. The summed E-state index contributed by atoms with van der Waals surface area (Å²) in [5, 5.41) is 0. The average molecular weight is 480 g/mol. The minimum Gasteiger partial charge on any atom is -0.444 e. The molecular weight excluding hydrogens is 450 g/mol. The van der Waals surface area contributed by atoms with Crippen LogP contribution in [0.5, 0.6) is 0 Å². The number of ether oxygens (including phenoxy) is 1. The Balaban J connectivity index is 1.93. The number of likely N-dealkylation sites (tertiary alicyclic amines) is 2. The Bertz CT molecular complexity index is 842. The van der Waals surface area contributed by atoms with Crippen molar-refractivity contribution in [3.8, 4) is 0 Å². The van der Waals surface area contributed by atoms with Crippen LogP contribution in [-0.2, 0) is 29.0 Å². The summed E-state index contributed by atoms with van der Waals surface area (Å²) < 4.78 is 39.0. The lowest BCUT2D eigenvalue weighted by molar-refractivity contribution is -0.134. The van der Waals surface area contributed by atoms with Gasteiger partial charge in [-0.15, -0.1) is 4.28 Å². The standard InChI is InChI=1S/C17H29N5O9S/c1-17(2,3)30-16(26)22-10-6-8-12(22)14(24)19-18-13(23)11-7-4-5-9-21(11)15(25)20-31-32(27,28)29/h11-12H,4-10H2,1-3H3,(H,18,23)(H,19,24)(H,20,25)(H,27,28,29)/t11-,12?/m0/s1. The number of hydroxylamine groups is 1. The summed E-state index contributed by atoms with van der Waals surface area (Å²) in [6, 6.07) is -2.88. The third-order valence-corrected chi connectivity index (χ3v) is 5.09. The summed E-state index contributed by atoms with van der Waals surface area (Å²) in [4.78, 5) is 51.9. The zero-order valence-electron chi connectivity index (χ0n) is 18.1. The van der Waals surface area contributed by atoms with Crippen LogP contribution in [0.15, 0.2) is 0 Å². The first-order valence-electron chi connectivity index (χ1n) is 10.1. The first-order chi connectivity index (χ1) is 14.8. The zero-order chi connectivity index (χ0) is 24.1. The summed E-state index contributed by atoms with van der Waals surface area (Å²) in [6.45, 7) is 5.60. The lowest BCUT2D eigenvalue weighted by Gasteiger charge is -2.34. The molecule has 2 rings (SSSR count). The van der Waals surface area contributed by atoms with Crippen molar-refractivity contribution in [2.45, 2.75) is 70.6 Å². The lowest BCUT2D eigenvalue weighted by Crippen LogP contribution is -2.59. The van der Waals surface area contributed by atoms with Gasteiger partial charge in [-0.25, -0.2) is 9.59 Å². The fourth-order valence-electron chi connectivity index (χ4n) is 3.46. The van der Waals surface area contributed by atoms with Crippen LogP contribution in [0.1, 0.15) is 52.9 Å². The fraction of sp³-hybridized carbons (Fsp3) is 0.765. The molecule has 182 valence electrons. The van der Waals surface area contributed by atoms with Gasteiger partial charge in [0.2, 0.25) is 0 Å². The Kier molecular flexibility index (Phi) is 8.25. The molecule has 0 saturated carbocycles. The zero-order valence-corrected chi connectivity index (χ0v) is 18.9. The van der Waals surface area contributed by atoms with Crippen molar-refractivity contribution in [1.29, 1.82) is 0 Å². The molecule has 32 heavy (non-hydrogen) atoms. The van der Waals surface area contributed by atoms with Gasteiger partial charge >= 0.3 is 22.5 Å². The minimum absolute atomic E-state index is 0.127. The molecule has 15 heteroatoms. The van der Waals surface area contributed by atoms with E-state index in [0.717, 1.165) is 4.90 Å². The Hall–Kier alpha value is -2.65. The predicted molar refractivity (Wildman–Crippen MR) is 108 cm³/mol. The average Bonchev–Trinajstić information content (AvgIpc) is 3.18. The second-order valence-corrected chi connectivity index (χ2v) is 9.46. The van der Waals surface area contributed by atoms with Gasteiger partial charge in [-0.05, 0) is 52.9 Å². The molecule has 2 heterocycles. The Morgan fingerprint density at radius 2 is 1.44 bits per heavy atom. The summed E-state index contributed by atoms with van der Waals surface area (Å²) in [5.41, 5.74) is 5.34. The molecule has 1 unspecified atom stereocenters. The van der Waals surface area contributed by atoms with Gasteiger partial charge in [0.25, 0.3) is 11.8 Å². The van der Waals surface area contributed by atoms with Crippen LogP contribution >= 0.6 is 0 Å². The molecule has 2 saturated heterocycles. The van der Waals surface area contributed by atoms with E-state index < -0.39 is 52.0 Å². The summed E-state index contributed by atoms with van der Waals surface area (Å²) in [6.07, 6.45) is 1.79. The maximum Gasteiger partial charge on any atom is 0.418 e. The highest BCUT2D eigenvalue weighted by Gasteiger charge is 2.38. The van der Waals surface area contributed by atoms with Crippen LogP contribution in [0.25, 0.3) is 0 Å². The van der Waals surface area contributed by atoms with Crippen molar-refractivity contribution < 1.29 is 41.2 Å². The van der Waals surface area contributed by atoms with E-state index in [-0.39, 0.29) is 13.0 Å². The van der Waals surface area contributed by atoms with Crippen molar-refractivity contribution in [2.75, 3.05) is 13.1 Å². The first kappa shape index (κ1) is 25.6. The lowest BCUT2D eigenvalue weighted by atomic mass is 10.0. The van der Waals surface area contributed by atoms with Crippen molar-refractivity contribution in [2.24, 2.45) is 0 Å². The quantitative estimate of drug-likeness (QED) is 0.314. The van der Waals surface area contributed by atoms with Crippen molar-refractivity contribution in [3.63, 3.8) is 0 Å². The van der Waals surface area contributed by atoms with E-state index in [4.69, 9.17) is 9.29 Å². The number of hydrazine groups is 1. The predicted octanol–water partition coefficient (Wildman–Crippen LogP) is -0.168. The maximum atomic E-state index is 12.6. The van der Waals surface area contributed by atoms with Gasteiger partial charge in [-0.3, -0.25) is 29.9 Å². The highest BCUT2D eigenvalue weighted by atomic mass is 32.3. The van der Waals surface area contributed by atoms with E-state index in [1.54, 1.807) is 26.3 Å². The molecule has 4 N–H and O–H groups in total. The number of amides is 5. The third-order valence-electron chi connectivity index (χ3n) is 4.79. The summed E-state index contributed by atoms with van der Waals surface area (Å²) >= 11 is 0. The Labute approximate surface area is 185 Å². The first-order valence-corrected chi connectivity index (χ1v) is 11.5. The second-order valence-electron chi connectivity index (χ2n) is 8.43. The number of urea groups is 1. The normalized spacial score (nSPS) is 21.6. The van der Waals surface area contributed by atoms with Gasteiger partial charge < -0.3 is 9.64 Å². The number of piperidine rings is 1. The molecule has 2 atom stereocenters. The minimum atomic E-state index is -4.91. The molecule has 0 aliphatic carbocycles. The molecule has 0 aromatic rings. The SMILES string of the molecule is CC(C)(C)OC(=O)N1CCCC1C(=O)NNC(=O)[C@@H]1CCCCN1C(=O)NOS(=O)(=O)O. The molecule has 14 nitrogen and oxygen atoms in total. The topological polar surface area (TPSA) is 184 Å². The number of rotatable bonds is 4. The van der Waals surface area contributed by atoms with Gasteiger partial charge in [-0.1, -0.05) is 0 Å². The number of nitrogens with one attached hydrogen (secondary N) is 3. The summed E-state index contributed by atoms with van der Waals surface area (Å²) in [7, 11) is -4.91. The maximum absolute atomic E-state index is 12.6. The fourth-order valence-corrected chi connectivity index (χ4v) is 3.64. The smallest absolute Gasteiger partial charge is 0.418 e. The van der Waals surface area contributed by atoms with Crippen LogP contribution in [0.4, 0.5) is 9.59 Å². The number of hydrogen-bond acceptors (Lipinski definition) is 8. The van der Waals surface area contributed by atoms with E-state index in [1.807, 2.05) is 0 Å². The van der Waals surface area contributed by atoms with Crippen LogP contribution in [0.2, 0.25) is 0 Å². The summed E-state index contributed by atoms with van der Waals surface area (Å²) in [5.74, 6) is -1.31. The van der Waals surface area contributed by atoms with E-state index in [0.29, 0.717) is 32.2 Å². The van der Waals surface area contributed by atoms with Crippen molar-refractivity contribution >= 4 is 34.3 Å². The van der Waals surface area contributed by atoms with Gasteiger partial charge in [0, 0.05) is 13.1 Å². The molecule has 2 fully saturated rings. The monoisotopic (exact) mass is 479 g/mol. The number of carbonyl (C=O) groups excluding carboxylic acids is 4. The molecule has 0 bridgehead atoms. The molecular formula is C17H29N5O9S. The van der Waals surface area contributed by atoms with Crippen molar-refractivity contribution in [3.05, 3.63) is 0 Å². The van der Waals surface area contributed by atoms with Gasteiger partial charge in [0.1, 0.15) is 17.7 Å².